The van der Waals surface area contributed by atoms with Gasteiger partial charge in [-0.2, -0.15) is 0 Å². The number of nitrogens with zero attached hydrogens (tertiary/aromatic N) is 1. The number of hydrogen-bond donors (Lipinski definition) is 2. The van der Waals surface area contributed by atoms with Gasteiger partial charge in [0.25, 0.3) is 5.56 Å². The Morgan fingerprint density at radius 2 is 1.84 bits per heavy atom. The monoisotopic (exact) mass is 438 g/mol. The zero-order valence-electron chi connectivity index (χ0n) is 17.5. The quantitative estimate of drug-likeness (QED) is 0.514. The number of ether oxygens (including phenoxy) is 3. The summed E-state index contributed by atoms with van der Waals surface area (Å²) in [5, 5.41) is 10.8. The minimum Gasteiger partial charge on any atom is -0.506 e. The third-order valence-corrected chi connectivity index (χ3v) is 4.85. The van der Waals surface area contributed by atoms with E-state index in [4.69, 9.17) is 9.47 Å². The van der Waals surface area contributed by atoms with Crippen LogP contribution in [-0.2, 0) is 20.9 Å². The number of carbonyl (C=O) groups is 2. The second-order valence-corrected chi connectivity index (χ2v) is 6.77. The normalized spacial score (nSPS) is 11.4. The van der Waals surface area contributed by atoms with E-state index in [9.17, 15) is 19.5 Å². The molecule has 0 saturated carbocycles. The molecule has 2 aromatic heterocycles. The van der Waals surface area contributed by atoms with E-state index in [0.29, 0.717) is 17.0 Å². The van der Waals surface area contributed by atoms with E-state index < -0.39 is 29.2 Å². The summed E-state index contributed by atoms with van der Waals surface area (Å²) in [7, 11) is 2.37. The Morgan fingerprint density at radius 1 is 1.09 bits per heavy atom. The molecule has 0 amide bonds. The summed E-state index contributed by atoms with van der Waals surface area (Å²) >= 11 is 0. The van der Waals surface area contributed by atoms with Crippen LogP contribution >= 0.6 is 0 Å². The van der Waals surface area contributed by atoms with Gasteiger partial charge in [-0.1, -0.05) is 24.3 Å². The first-order chi connectivity index (χ1) is 15.5. The van der Waals surface area contributed by atoms with Crippen molar-refractivity contribution in [3.05, 3.63) is 87.6 Å². The number of aromatic hydroxyl groups is 1. The molecule has 3 aromatic rings. The van der Waals surface area contributed by atoms with Crippen molar-refractivity contribution in [3.63, 3.8) is 0 Å². The molecule has 2 heterocycles. The minimum atomic E-state index is -0.962. The Labute approximate surface area is 183 Å². The number of nitrogens with one attached hydrogen (secondary N) is 1. The van der Waals surface area contributed by atoms with Crippen LogP contribution in [0.1, 0.15) is 39.5 Å². The third kappa shape index (κ3) is 4.94. The molecule has 0 unspecified atom stereocenters. The van der Waals surface area contributed by atoms with E-state index in [2.05, 4.69) is 14.7 Å². The van der Waals surface area contributed by atoms with Crippen molar-refractivity contribution in [1.82, 2.24) is 9.97 Å². The van der Waals surface area contributed by atoms with Gasteiger partial charge in [0.15, 0.2) is 0 Å². The molecule has 2 N–H and O–H groups in total. The van der Waals surface area contributed by atoms with Gasteiger partial charge in [-0.25, -0.2) is 4.79 Å². The molecule has 1 atom stereocenters. The third-order valence-electron chi connectivity index (χ3n) is 4.85. The number of benzene rings is 1. The first kappa shape index (κ1) is 22.5. The lowest BCUT2D eigenvalue weighted by Crippen LogP contribution is -2.22. The predicted molar refractivity (Wildman–Crippen MR) is 114 cm³/mol. The molecule has 9 nitrogen and oxygen atoms in total. The van der Waals surface area contributed by atoms with Gasteiger partial charge in [0.05, 0.1) is 31.9 Å². The number of esters is 2. The summed E-state index contributed by atoms with van der Waals surface area (Å²) in [4.78, 5) is 43.6. The van der Waals surface area contributed by atoms with E-state index in [-0.39, 0.29) is 24.2 Å². The lowest BCUT2D eigenvalue weighted by molar-refractivity contribution is -0.140. The van der Waals surface area contributed by atoms with E-state index in [1.54, 1.807) is 42.6 Å². The van der Waals surface area contributed by atoms with E-state index >= 15 is 0 Å². The number of carbonyl (C=O) groups excluding carboxylic acids is 2. The SMILES string of the molecule is COC(=O)C[C@@H](c1ccccc1OCc1ccccn1)c1c(O)c(C(=O)OC)c[nH]c1=O. The number of methoxy groups -OCH3 is 2. The summed E-state index contributed by atoms with van der Waals surface area (Å²) in [5.74, 6) is -2.60. The lowest BCUT2D eigenvalue weighted by Gasteiger charge is -2.21. The van der Waals surface area contributed by atoms with Crippen LogP contribution in [0.3, 0.4) is 0 Å². The number of hydrogen-bond acceptors (Lipinski definition) is 8. The molecule has 0 spiro atoms. The van der Waals surface area contributed by atoms with E-state index in [1.165, 1.54) is 7.11 Å². The number of aromatic amines is 1. The Hall–Kier alpha value is -4.14. The van der Waals surface area contributed by atoms with Crippen LogP contribution in [-0.4, -0.2) is 41.2 Å². The molecule has 0 bridgehead atoms. The summed E-state index contributed by atoms with van der Waals surface area (Å²) in [6, 6.07) is 12.2. The fraction of sp³-hybridized carbons (Fsp3) is 0.217. The molecule has 0 radical (unpaired) electrons. The average Bonchev–Trinajstić information content (AvgIpc) is 2.82. The summed E-state index contributed by atoms with van der Waals surface area (Å²) in [5.41, 5.74) is 0.0662. The van der Waals surface area contributed by atoms with Crippen molar-refractivity contribution in [2.75, 3.05) is 14.2 Å². The maximum atomic E-state index is 12.7. The molecule has 0 fully saturated rings. The molecule has 32 heavy (non-hydrogen) atoms. The standard InChI is InChI=1S/C23H22N2O7/c1-30-19(26)11-16(20-21(27)17(23(29)31-2)12-25-22(20)28)15-8-3-4-9-18(15)32-13-14-7-5-6-10-24-14/h3-10,12,16H,11,13H2,1-2H3,(H2,25,27,28)/t16-/m0/s1. The van der Waals surface area contributed by atoms with Crippen LogP contribution < -0.4 is 10.3 Å². The number of para-hydroxylation sites is 1. The summed E-state index contributed by atoms with van der Waals surface area (Å²) in [6.07, 6.45) is 2.42. The molecule has 0 aliphatic carbocycles. The Bertz CT molecular complexity index is 1160. The first-order valence-corrected chi connectivity index (χ1v) is 9.67. The van der Waals surface area contributed by atoms with Crippen LogP contribution in [0.4, 0.5) is 0 Å². The topological polar surface area (TPSA) is 128 Å². The van der Waals surface area contributed by atoms with Gasteiger partial charge in [-0.3, -0.25) is 14.6 Å². The number of aromatic nitrogens is 2. The largest absolute Gasteiger partial charge is 0.506 e. The van der Waals surface area contributed by atoms with Crippen LogP contribution in [0.2, 0.25) is 0 Å². The van der Waals surface area contributed by atoms with Gasteiger partial charge in [0.2, 0.25) is 0 Å². The summed E-state index contributed by atoms with van der Waals surface area (Å²) < 4.78 is 15.4. The Morgan fingerprint density at radius 3 is 2.53 bits per heavy atom. The molecule has 166 valence electrons. The van der Waals surface area contributed by atoms with Crippen molar-refractivity contribution in [1.29, 1.82) is 0 Å². The fourth-order valence-electron chi connectivity index (χ4n) is 3.28. The lowest BCUT2D eigenvalue weighted by atomic mass is 9.87. The van der Waals surface area contributed by atoms with Crippen molar-refractivity contribution in [3.8, 4) is 11.5 Å². The minimum absolute atomic E-state index is 0.146. The van der Waals surface area contributed by atoms with Gasteiger partial charge < -0.3 is 24.3 Å². The number of rotatable bonds is 8. The maximum Gasteiger partial charge on any atom is 0.343 e. The molecule has 0 aliphatic heterocycles. The van der Waals surface area contributed by atoms with E-state index in [0.717, 1.165) is 13.3 Å². The van der Waals surface area contributed by atoms with Crippen molar-refractivity contribution < 1.29 is 28.9 Å². The highest BCUT2D eigenvalue weighted by atomic mass is 16.5. The van der Waals surface area contributed by atoms with Crippen LogP contribution in [0.15, 0.2) is 59.7 Å². The van der Waals surface area contributed by atoms with Crippen LogP contribution in [0.25, 0.3) is 0 Å². The smallest absolute Gasteiger partial charge is 0.343 e. The molecule has 0 aliphatic rings. The number of pyridine rings is 2. The van der Waals surface area contributed by atoms with Crippen molar-refractivity contribution in [2.24, 2.45) is 0 Å². The first-order valence-electron chi connectivity index (χ1n) is 9.67. The Kier molecular flexibility index (Phi) is 7.22. The fourth-order valence-corrected chi connectivity index (χ4v) is 3.28. The van der Waals surface area contributed by atoms with Gasteiger partial charge in [0.1, 0.15) is 23.7 Å². The van der Waals surface area contributed by atoms with Gasteiger partial charge in [-0.05, 0) is 18.2 Å². The highest BCUT2D eigenvalue weighted by molar-refractivity contribution is 5.92. The Balaban J connectivity index is 2.09. The zero-order valence-corrected chi connectivity index (χ0v) is 17.5. The second-order valence-electron chi connectivity index (χ2n) is 6.77. The molecular weight excluding hydrogens is 416 g/mol. The van der Waals surface area contributed by atoms with Crippen molar-refractivity contribution >= 4 is 11.9 Å². The highest BCUT2D eigenvalue weighted by Crippen LogP contribution is 2.38. The molecule has 0 saturated heterocycles. The predicted octanol–water partition coefficient (Wildman–Crippen LogP) is 2.54. The average molecular weight is 438 g/mol. The van der Waals surface area contributed by atoms with Gasteiger partial charge >= 0.3 is 11.9 Å². The second kappa shape index (κ2) is 10.3. The highest BCUT2D eigenvalue weighted by Gasteiger charge is 2.30. The zero-order chi connectivity index (χ0) is 23.1. The molecule has 9 heteroatoms. The number of H-pyrrole nitrogens is 1. The molecule has 1 aromatic carbocycles. The van der Waals surface area contributed by atoms with Crippen molar-refractivity contribution in [2.45, 2.75) is 18.9 Å². The van der Waals surface area contributed by atoms with E-state index in [1.807, 2.05) is 6.07 Å². The maximum absolute atomic E-state index is 12.7. The summed E-state index contributed by atoms with van der Waals surface area (Å²) in [6.45, 7) is 0.146. The molecular formula is C23H22N2O7. The van der Waals surface area contributed by atoms with Gasteiger partial charge in [0, 0.05) is 23.9 Å². The van der Waals surface area contributed by atoms with Crippen LogP contribution in [0, 0.1) is 0 Å². The van der Waals surface area contributed by atoms with Gasteiger partial charge in [-0.15, -0.1) is 0 Å². The van der Waals surface area contributed by atoms with Crippen LogP contribution in [0.5, 0.6) is 11.5 Å². The molecule has 3 rings (SSSR count).